The number of aliphatic hydroxyl groups excluding tert-OH is 1. The van der Waals surface area contributed by atoms with Crippen LogP contribution in [0.25, 0.3) is 11.3 Å². The zero-order chi connectivity index (χ0) is 34.5. The highest BCUT2D eigenvalue weighted by molar-refractivity contribution is 5.94. The van der Waals surface area contributed by atoms with E-state index in [4.69, 9.17) is 23.9 Å². The van der Waals surface area contributed by atoms with Gasteiger partial charge in [-0.05, 0) is 101 Å². The Kier molecular flexibility index (Phi) is 11.2. The zero-order valence-electron chi connectivity index (χ0n) is 29.3. The Balaban J connectivity index is 1.14. The van der Waals surface area contributed by atoms with Gasteiger partial charge in [0.15, 0.2) is 5.89 Å². The highest BCUT2D eigenvalue weighted by Gasteiger charge is 2.35. The van der Waals surface area contributed by atoms with E-state index in [1.54, 1.807) is 24.5 Å². The van der Waals surface area contributed by atoms with E-state index in [-0.39, 0.29) is 36.0 Å². The molecule has 0 spiro atoms. The van der Waals surface area contributed by atoms with Gasteiger partial charge in [-0.1, -0.05) is 13.8 Å². The smallest absolute Gasteiger partial charge is 0.410 e. The van der Waals surface area contributed by atoms with Crippen molar-refractivity contribution in [3.63, 3.8) is 0 Å². The summed E-state index contributed by atoms with van der Waals surface area (Å²) >= 11 is 0. The van der Waals surface area contributed by atoms with E-state index < -0.39 is 0 Å². The van der Waals surface area contributed by atoms with Gasteiger partial charge in [0.05, 0.1) is 18.9 Å². The molecule has 49 heavy (non-hydrogen) atoms. The second kappa shape index (κ2) is 15.7. The van der Waals surface area contributed by atoms with E-state index in [1.807, 2.05) is 43.9 Å². The summed E-state index contributed by atoms with van der Waals surface area (Å²) in [5, 5.41) is 9.79. The van der Waals surface area contributed by atoms with E-state index in [1.165, 1.54) is 0 Å². The molecular weight excluding hydrogens is 622 g/mol. The Labute approximate surface area is 289 Å². The minimum Gasteiger partial charge on any atom is -0.495 e. The number of aromatic nitrogens is 3. The average Bonchev–Trinajstić information content (AvgIpc) is 3.63. The van der Waals surface area contributed by atoms with E-state index in [2.05, 4.69) is 11.1 Å². The second-order valence-electron chi connectivity index (χ2n) is 14.4. The summed E-state index contributed by atoms with van der Waals surface area (Å²) in [6.07, 6.45) is 10.4. The lowest BCUT2D eigenvalue weighted by molar-refractivity contribution is -0.124. The van der Waals surface area contributed by atoms with Crippen LogP contribution in [-0.4, -0.2) is 75.9 Å². The summed E-state index contributed by atoms with van der Waals surface area (Å²) in [4.78, 5) is 45.0. The maximum absolute atomic E-state index is 14.4. The predicted molar refractivity (Wildman–Crippen MR) is 185 cm³/mol. The van der Waals surface area contributed by atoms with Crippen molar-refractivity contribution in [1.29, 1.82) is 0 Å². The summed E-state index contributed by atoms with van der Waals surface area (Å²) in [7, 11) is 1.67. The van der Waals surface area contributed by atoms with Gasteiger partial charge in [-0.15, -0.1) is 0 Å². The lowest BCUT2D eigenvalue weighted by Crippen LogP contribution is -2.44. The standard InChI is InChI=1S/C38H51N5O6/c1-24(2)36-41-33(23-48-36)29-15-18-39-35(21-29)43(22-26-5-7-27(8-6-26)32-13-14-34(47-4)25(3)40-32)37(45)28-9-11-31(12-10-28)49-38(46)42-19-16-30(44)17-20-42/h13-15,18,21,23-24,26-28,30-31,44H,5-12,16-17,19-20,22H2,1-4H3. The minimum atomic E-state index is -0.345. The van der Waals surface area contributed by atoms with Gasteiger partial charge in [-0.2, -0.15) is 0 Å². The molecule has 3 aromatic heterocycles. The number of methoxy groups -OCH3 is 1. The summed E-state index contributed by atoms with van der Waals surface area (Å²) < 4.78 is 17.0. The van der Waals surface area contributed by atoms with Gasteiger partial charge in [0.2, 0.25) is 5.91 Å². The fourth-order valence-corrected chi connectivity index (χ4v) is 7.53. The van der Waals surface area contributed by atoms with E-state index in [0.29, 0.717) is 81.7 Å². The summed E-state index contributed by atoms with van der Waals surface area (Å²) in [6.45, 7) is 7.70. The quantitative estimate of drug-likeness (QED) is 0.254. The van der Waals surface area contributed by atoms with Gasteiger partial charge in [0.25, 0.3) is 0 Å². The molecule has 1 N–H and O–H groups in total. The van der Waals surface area contributed by atoms with Crippen molar-refractivity contribution in [2.24, 2.45) is 11.8 Å². The first-order valence-electron chi connectivity index (χ1n) is 18.1. The molecule has 3 aliphatic rings. The number of carbonyl (C=O) groups excluding carboxylic acids is 2. The lowest BCUT2D eigenvalue weighted by atomic mass is 9.79. The molecule has 0 unspecified atom stereocenters. The Morgan fingerprint density at radius 1 is 1.00 bits per heavy atom. The number of anilines is 1. The number of piperidine rings is 1. The van der Waals surface area contributed by atoms with Crippen molar-refractivity contribution in [1.82, 2.24) is 19.9 Å². The van der Waals surface area contributed by atoms with Crippen molar-refractivity contribution < 1.29 is 28.6 Å². The van der Waals surface area contributed by atoms with Crippen LogP contribution in [0.4, 0.5) is 10.6 Å². The molecule has 2 amide bonds. The van der Waals surface area contributed by atoms with Gasteiger partial charge in [0, 0.05) is 54.8 Å². The fraction of sp³-hybridized carbons (Fsp3) is 0.605. The number of hydrogen-bond donors (Lipinski definition) is 1. The molecule has 4 heterocycles. The van der Waals surface area contributed by atoms with Crippen LogP contribution in [0, 0.1) is 18.8 Å². The van der Waals surface area contributed by atoms with E-state index >= 15 is 0 Å². The van der Waals surface area contributed by atoms with E-state index in [0.717, 1.165) is 54.1 Å². The minimum absolute atomic E-state index is 0.0806. The maximum Gasteiger partial charge on any atom is 0.410 e. The normalized spacial score (nSPS) is 23.3. The molecule has 2 saturated carbocycles. The molecular formula is C38H51N5O6. The van der Waals surface area contributed by atoms with Gasteiger partial charge in [0.1, 0.15) is 29.6 Å². The van der Waals surface area contributed by atoms with Crippen molar-refractivity contribution >= 4 is 17.8 Å². The second-order valence-corrected chi connectivity index (χ2v) is 14.4. The SMILES string of the molecule is COc1ccc(C2CCC(CN(C(=O)C3CCC(OC(=O)N4CCC(O)CC4)CC3)c3cc(-c4coc(C(C)C)n4)ccn3)CC2)nc1C. The van der Waals surface area contributed by atoms with Crippen LogP contribution in [0.15, 0.2) is 41.1 Å². The van der Waals surface area contributed by atoms with E-state index in [9.17, 15) is 14.7 Å². The number of rotatable bonds is 9. The molecule has 3 aromatic rings. The first-order valence-corrected chi connectivity index (χ1v) is 18.1. The van der Waals surface area contributed by atoms with Gasteiger partial charge in [-0.3, -0.25) is 14.7 Å². The number of nitrogens with zero attached hydrogens (tertiary/aromatic N) is 5. The first-order chi connectivity index (χ1) is 23.7. The highest BCUT2D eigenvalue weighted by atomic mass is 16.6. The molecule has 6 rings (SSSR count). The summed E-state index contributed by atoms with van der Waals surface area (Å²) in [5.74, 6) is 2.92. The molecule has 1 aliphatic heterocycles. The van der Waals surface area contributed by atoms with Crippen LogP contribution in [-0.2, 0) is 9.53 Å². The molecule has 1 saturated heterocycles. The monoisotopic (exact) mass is 673 g/mol. The third-order valence-electron chi connectivity index (χ3n) is 10.6. The number of aryl methyl sites for hydroxylation is 1. The number of carbonyl (C=O) groups is 2. The van der Waals surface area contributed by atoms with Crippen LogP contribution in [0.3, 0.4) is 0 Å². The molecule has 11 heteroatoms. The summed E-state index contributed by atoms with van der Waals surface area (Å²) in [5.41, 5.74) is 3.62. The molecule has 0 atom stereocenters. The number of hydrogen-bond acceptors (Lipinski definition) is 9. The average molecular weight is 674 g/mol. The van der Waals surface area contributed by atoms with Crippen LogP contribution >= 0.6 is 0 Å². The predicted octanol–water partition coefficient (Wildman–Crippen LogP) is 7.03. The Hall–Kier alpha value is -3.99. The number of aliphatic hydroxyl groups is 1. The topological polar surface area (TPSA) is 131 Å². The molecule has 11 nitrogen and oxygen atoms in total. The first kappa shape index (κ1) is 34.9. The Morgan fingerprint density at radius 3 is 2.39 bits per heavy atom. The highest BCUT2D eigenvalue weighted by Crippen LogP contribution is 2.38. The van der Waals surface area contributed by atoms with Gasteiger partial charge >= 0.3 is 6.09 Å². The lowest BCUT2D eigenvalue weighted by Gasteiger charge is -2.36. The Bertz CT molecular complexity index is 1570. The van der Waals surface area contributed by atoms with Gasteiger partial charge in [-0.25, -0.2) is 14.8 Å². The third kappa shape index (κ3) is 8.43. The van der Waals surface area contributed by atoms with Gasteiger partial charge < -0.3 is 23.9 Å². The Morgan fingerprint density at radius 2 is 1.73 bits per heavy atom. The van der Waals surface area contributed by atoms with Crippen molar-refractivity contribution in [3.8, 4) is 17.0 Å². The number of pyridine rings is 2. The fourth-order valence-electron chi connectivity index (χ4n) is 7.53. The molecule has 0 bridgehead atoms. The number of ether oxygens (including phenoxy) is 2. The third-order valence-corrected chi connectivity index (χ3v) is 10.6. The number of amides is 2. The van der Waals surface area contributed by atoms with Crippen LogP contribution in [0.1, 0.15) is 107 Å². The summed E-state index contributed by atoms with van der Waals surface area (Å²) in [6, 6.07) is 7.96. The van der Waals surface area contributed by atoms with Crippen molar-refractivity contribution in [2.75, 3.05) is 31.6 Å². The number of oxazole rings is 1. The molecule has 3 fully saturated rings. The maximum atomic E-state index is 14.4. The molecule has 264 valence electrons. The zero-order valence-corrected chi connectivity index (χ0v) is 29.3. The van der Waals surface area contributed by atoms with Crippen molar-refractivity contribution in [3.05, 3.63) is 54.0 Å². The molecule has 0 aromatic carbocycles. The molecule has 0 radical (unpaired) electrons. The van der Waals surface area contributed by atoms with Crippen molar-refractivity contribution in [2.45, 2.75) is 109 Å². The van der Waals surface area contributed by atoms with Crippen LogP contribution < -0.4 is 9.64 Å². The molecule has 2 aliphatic carbocycles. The number of likely N-dealkylation sites (tertiary alicyclic amines) is 1. The van der Waals surface area contributed by atoms with Crippen LogP contribution in [0.5, 0.6) is 5.75 Å². The largest absolute Gasteiger partial charge is 0.495 e. The van der Waals surface area contributed by atoms with Crippen LogP contribution in [0.2, 0.25) is 0 Å².